The van der Waals surface area contributed by atoms with Gasteiger partial charge in [-0.25, -0.2) is 0 Å². The van der Waals surface area contributed by atoms with Crippen LogP contribution in [0.15, 0.2) is 164 Å². The molecule has 0 fully saturated rings. The smallest absolute Gasteiger partial charge is 0.252 e. The SMILES string of the molecule is CC(C)(C)c1ccc(N2c3cc(C(C)(C)C)ccc3B3c4cc5c(cc4N(c4ccc(C(C)(C)C)cc4)c4cc(C(C)(C)C)cc2c43)-c2ccccc2C52c3ccccc3-c3sc4ccccc4c32)cc1. The van der Waals surface area contributed by atoms with Crippen LogP contribution in [0.1, 0.15) is 128 Å². The van der Waals surface area contributed by atoms with E-state index >= 15 is 0 Å². The van der Waals surface area contributed by atoms with Crippen LogP contribution < -0.4 is 26.2 Å². The molecule has 4 heteroatoms. The number of hydrogen-bond donors (Lipinski definition) is 0. The molecule has 2 nitrogen and oxygen atoms in total. The number of fused-ring (bicyclic) bond motifs is 16. The van der Waals surface area contributed by atoms with Crippen molar-refractivity contribution < 1.29 is 0 Å². The van der Waals surface area contributed by atoms with Crippen molar-refractivity contribution in [1.82, 2.24) is 0 Å². The first-order valence-corrected chi connectivity index (χ1v) is 26.6. The molecule has 3 heterocycles. The van der Waals surface area contributed by atoms with Gasteiger partial charge in [-0.3, -0.25) is 0 Å². The highest BCUT2D eigenvalue weighted by molar-refractivity contribution is 7.22. The first-order valence-electron chi connectivity index (χ1n) is 25.8. The predicted molar refractivity (Wildman–Crippen MR) is 307 cm³/mol. The van der Waals surface area contributed by atoms with E-state index < -0.39 is 5.41 Å². The standard InChI is InChI=1S/C67H63BN2S/c1-63(2,3)40-25-30-44(31-26-40)69-55-35-42(65(7,8)9)29-34-53(55)68-54-39-52-49(38-56(54)70(45-32-27-41(28-33-45)64(4,5)6)58-37-43(66(10,11)12)36-57(69)61(58)68)46-19-13-16-22-50(46)67(52)51-23-17-14-20-47(51)62-60(67)48-21-15-18-24-59(48)71-62/h13-39H,1-12H3. The lowest BCUT2D eigenvalue weighted by molar-refractivity contribution is 0.589. The lowest BCUT2D eigenvalue weighted by atomic mass is 9.33. The second-order valence-electron chi connectivity index (χ2n) is 25.0. The summed E-state index contributed by atoms with van der Waals surface area (Å²) in [7, 11) is 0. The van der Waals surface area contributed by atoms with E-state index in [-0.39, 0.29) is 28.4 Å². The molecule has 0 bridgehead atoms. The molecule has 0 N–H and O–H groups in total. The zero-order valence-corrected chi connectivity index (χ0v) is 44.3. The van der Waals surface area contributed by atoms with Gasteiger partial charge < -0.3 is 9.80 Å². The lowest BCUT2D eigenvalue weighted by Gasteiger charge is -2.46. The summed E-state index contributed by atoms with van der Waals surface area (Å²) in [6, 6.07) is 64.6. The van der Waals surface area contributed by atoms with Crippen LogP contribution in [0.25, 0.3) is 31.7 Å². The molecule has 0 radical (unpaired) electrons. The highest BCUT2D eigenvalue weighted by atomic mass is 32.1. The van der Waals surface area contributed by atoms with Crippen molar-refractivity contribution in [3.05, 3.63) is 208 Å². The van der Waals surface area contributed by atoms with Crippen LogP contribution in [-0.2, 0) is 27.1 Å². The van der Waals surface area contributed by atoms with E-state index in [1.165, 1.54) is 127 Å². The average Bonchev–Trinajstić information content (AvgIpc) is 3.95. The summed E-state index contributed by atoms with van der Waals surface area (Å²) in [4.78, 5) is 6.66. The largest absolute Gasteiger partial charge is 0.311 e. The van der Waals surface area contributed by atoms with Crippen molar-refractivity contribution in [2.45, 2.75) is 110 Å². The summed E-state index contributed by atoms with van der Waals surface area (Å²) in [6.45, 7) is 28.0. The van der Waals surface area contributed by atoms with Crippen molar-refractivity contribution in [3.63, 3.8) is 0 Å². The maximum Gasteiger partial charge on any atom is 0.252 e. The van der Waals surface area contributed by atoms with E-state index in [1.54, 1.807) is 0 Å². The molecule has 4 aliphatic rings. The van der Waals surface area contributed by atoms with Crippen LogP contribution >= 0.6 is 11.3 Å². The van der Waals surface area contributed by atoms with Gasteiger partial charge in [-0.05, 0) is 159 Å². The summed E-state index contributed by atoms with van der Waals surface area (Å²) >= 11 is 1.96. The molecule has 13 rings (SSSR count). The zero-order chi connectivity index (χ0) is 49.3. The third-order valence-corrected chi connectivity index (χ3v) is 17.7. The molecular formula is C67H63BN2S. The molecule has 0 saturated heterocycles. The molecule has 1 atom stereocenters. The van der Waals surface area contributed by atoms with Crippen LogP contribution in [0.5, 0.6) is 0 Å². The van der Waals surface area contributed by atoms with Gasteiger partial charge >= 0.3 is 0 Å². The molecule has 2 aliphatic carbocycles. The van der Waals surface area contributed by atoms with Gasteiger partial charge in [0.15, 0.2) is 0 Å². The monoisotopic (exact) mass is 938 g/mol. The van der Waals surface area contributed by atoms with Crippen molar-refractivity contribution >= 4 is 78.6 Å². The third kappa shape index (κ3) is 6.26. The molecule has 0 amide bonds. The van der Waals surface area contributed by atoms with Gasteiger partial charge in [-0.15, -0.1) is 11.3 Å². The number of thiophene rings is 1. The Labute approximate surface area is 426 Å². The second-order valence-corrected chi connectivity index (χ2v) is 26.1. The highest BCUT2D eigenvalue weighted by Crippen LogP contribution is 2.66. The highest BCUT2D eigenvalue weighted by Gasteiger charge is 2.55. The molecule has 0 saturated carbocycles. The summed E-state index contributed by atoms with van der Waals surface area (Å²) in [5, 5.41) is 1.36. The van der Waals surface area contributed by atoms with Gasteiger partial charge in [0.2, 0.25) is 0 Å². The van der Waals surface area contributed by atoms with Crippen LogP contribution in [-0.4, -0.2) is 6.71 Å². The minimum atomic E-state index is -0.487. The van der Waals surface area contributed by atoms with Gasteiger partial charge in [0.1, 0.15) is 0 Å². The fourth-order valence-electron chi connectivity index (χ4n) is 12.7. The Kier molecular flexibility index (Phi) is 9.20. The number of hydrogen-bond acceptors (Lipinski definition) is 3. The Morgan fingerprint density at radius 3 is 1.45 bits per heavy atom. The van der Waals surface area contributed by atoms with Crippen molar-refractivity contribution in [2.24, 2.45) is 0 Å². The fourth-order valence-corrected chi connectivity index (χ4v) is 14.0. The van der Waals surface area contributed by atoms with E-state index in [0.29, 0.717) is 0 Å². The van der Waals surface area contributed by atoms with Crippen LogP contribution in [0.4, 0.5) is 34.1 Å². The van der Waals surface area contributed by atoms with Crippen LogP contribution in [0.2, 0.25) is 0 Å². The first-order chi connectivity index (χ1) is 33.7. The lowest BCUT2D eigenvalue weighted by Crippen LogP contribution is -2.61. The average molecular weight is 939 g/mol. The number of anilines is 6. The van der Waals surface area contributed by atoms with Crippen molar-refractivity contribution in [3.8, 4) is 21.6 Å². The van der Waals surface area contributed by atoms with Crippen LogP contribution in [0.3, 0.4) is 0 Å². The van der Waals surface area contributed by atoms with Crippen molar-refractivity contribution in [2.75, 3.05) is 9.80 Å². The summed E-state index contributed by atoms with van der Waals surface area (Å²) in [5.41, 5.74) is 25.8. The molecule has 1 unspecified atom stereocenters. The minimum absolute atomic E-state index is 0.0223. The fraction of sp³-hybridized carbons (Fsp3) is 0.254. The Balaban J connectivity index is 1.18. The van der Waals surface area contributed by atoms with Gasteiger partial charge in [0.25, 0.3) is 6.71 Å². The topological polar surface area (TPSA) is 6.48 Å². The molecule has 2 aliphatic heterocycles. The zero-order valence-electron chi connectivity index (χ0n) is 43.5. The molecule has 1 spiro atoms. The maximum atomic E-state index is 2.70. The molecule has 8 aromatic carbocycles. The van der Waals surface area contributed by atoms with E-state index in [1.807, 2.05) is 11.3 Å². The number of rotatable bonds is 2. The quantitative estimate of drug-likeness (QED) is 0.159. The molecule has 71 heavy (non-hydrogen) atoms. The van der Waals surface area contributed by atoms with Crippen molar-refractivity contribution in [1.29, 1.82) is 0 Å². The Morgan fingerprint density at radius 2 is 0.873 bits per heavy atom. The Morgan fingerprint density at radius 1 is 0.394 bits per heavy atom. The molecular weight excluding hydrogens is 876 g/mol. The summed E-state index contributed by atoms with van der Waals surface area (Å²) in [6.07, 6.45) is 0. The number of benzene rings is 8. The van der Waals surface area contributed by atoms with E-state index in [0.717, 1.165) is 0 Å². The van der Waals surface area contributed by atoms with E-state index in [4.69, 9.17) is 0 Å². The van der Waals surface area contributed by atoms with Gasteiger partial charge in [0.05, 0.1) is 5.41 Å². The van der Waals surface area contributed by atoms with Gasteiger partial charge in [-0.1, -0.05) is 192 Å². The first kappa shape index (κ1) is 44.3. The second kappa shape index (κ2) is 14.7. The Bertz CT molecular complexity index is 3700. The van der Waals surface area contributed by atoms with Crippen LogP contribution in [0, 0.1) is 0 Å². The Hall–Kier alpha value is -6.62. The van der Waals surface area contributed by atoms with Gasteiger partial charge in [0, 0.05) is 43.7 Å². The predicted octanol–water partition coefficient (Wildman–Crippen LogP) is 16.5. The molecule has 1 aromatic heterocycles. The number of nitrogens with zero attached hydrogens (tertiary/aromatic N) is 2. The van der Waals surface area contributed by atoms with E-state index in [2.05, 4.69) is 257 Å². The molecule has 9 aromatic rings. The molecule has 350 valence electrons. The summed E-state index contributed by atoms with van der Waals surface area (Å²) in [5.74, 6) is 0. The summed E-state index contributed by atoms with van der Waals surface area (Å²) < 4.78 is 1.35. The normalized spacial score (nSPS) is 16.4. The third-order valence-electron chi connectivity index (χ3n) is 16.5. The minimum Gasteiger partial charge on any atom is -0.311 e. The maximum absolute atomic E-state index is 2.70. The van der Waals surface area contributed by atoms with E-state index in [9.17, 15) is 0 Å². The van der Waals surface area contributed by atoms with Gasteiger partial charge in [-0.2, -0.15) is 0 Å².